The number of alkyl halides is 6. The van der Waals surface area contributed by atoms with E-state index in [2.05, 4.69) is 120 Å². The zero-order chi connectivity index (χ0) is 101. The maximum absolute atomic E-state index is 13.6. The molecule has 11 aromatic heterocycles. The van der Waals surface area contributed by atoms with Crippen molar-refractivity contribution in [2.75, 3.05) is 132 Å². The second kappa shape index (κ2) is 46.5. The summed E-state index contributed by atoms with van der Waals surface area (Å²) in [6.45, 7) is 19.4. The lowest BCUT2D eigenvalue weighted by molar-refractivity contribution is -0.138. The molecular weight excluding hydrogens is 1940 g/mol. The highest BCUT2D eigenvalue weighted by atomic mass is 35.5. The first-order chi connectivity index (χ1) is 71.8. The quantitative estimate of drug-likeness (QED) is 0.0704. The molecule has 5 aliphatic rings. The molecule has 147 heavy (non-hydrogen) atoms. The fraction of sp³-hybridized carbons (Fsp3) is 0.246. The van der Waals surface area contributed by atoms with Crippen LogP contribution in [-0.4, -0.2) is 223 Å². The topological polar surface area (TPSA) is 208 Å². The van der Waals surface area contributed by atoms with E-state index in [-0.39, 0.29) is 12.2 Å². The van der Waals surface area contributed by atoms with Gasteiger partial charge in [-0.2, -0.15) is 31.4 Å². The second-order valence-corrected chi connectivity index (χ2v) is 37.5. The van der Waals surface area contributed by atoms with E-state index in [9.17, 15) is 31.4 Å². The number of hydrogen-bond acceptors (Lipinski definition) is 19. The third-order valence-electron chi connectivity index (χ3n) is 26.6. The molecule has 33 heteroatoms. The smallest absolute Gasteiger partial charge is 0.390 e. The molecule has 5 aliphatic heterocycles. The van der Waals surface area contributed by atoms with Gasteiger partial charge >= 0.3 is 12.4 Å². The summed E-state index contributed by atoms with van der Waals surface area (Å²) in [5, 5.41) is 16.7. The van der Waals surface area contributed by atoms with Crippen molar-refractivity contribution in [2.45, 2.75) is 51.7 Å². The fourth-order valence-electron chi connectivity index (χ4n) is 18.8. The predicted octanol–water partition coefficient (Wildman–Crippen LogP) is 22.5. The van der Waals surface area contributed by atoms with Crippen molar-refractivity contribution in [3.8, 4) is 101 Å². The number of hydrogen-bond donors (Lipinski definition) is 1. The molecule has 8 aromatic carbocycles. The Bertz CT molecular complexity index is 7470. The van der Waals surface area contributed by atoms with Crippen molar-refractivity contribution in [1.82, 2.24) is 86.6 Å². The van der Waals surface area contributed by atoms with E-state index in [0.29, 0.717) is 67.0 Å². The van der Waals surface area contributed by atoms with Gasteiger partial charge < -0.3 is 46.4 Å². The third-order valence-corrected chi connectivity index (χ3v) is 27.4. The van der Waals surface area contributed by atoms with Crippen molar-refractivity contribution in [3.63, 3.8) is 0 Å². The number of ether oxygens (including phenoxy) is 5. The van der Waals surface area contributed by atoms with Crippen molar-refractivity contribution < 1.29 is 55.1 Å². The van der Waals surface area contributed by atoms with Crippen molar-refractivity contribution in [2.24, 2.45) is 0 Å². The van der Waals surface area contributed by atoms with Crippen LogP contribution in [0, 0.1) is 0 Å². The number of aromatic nitrogens is 13. The minimum absolute atomic E-state index is 0.0397. The Hall–Kier alpha value is -13.8. The summed E-state index contributed by atoms with van der Waals surface area (Å²) in [5.41, 5.74) is 25.0. The van der Waals surface area contributed by atoms with Gasteiger partial charge in [0.25, 0.3) is 0 Å². The lowest BCUT2D eigenvalue weighted by Gasteiger charge is -2.26. The van der Waals surface area contributed by atoms with E-state index in [1.54, 1.807) is 30.7 Å². The number of imidazole rings is 5. The first kappa shape index (κ1) is 101. The van der Waals surface area contributed by atoms with Crippen LogP contribution in [0.5, 0.6) is 0 Å². The van der Waals surface area contributed by atoms with Crippen LogP contribution in [0.25, 0.3) is 129 Å². The average Bonchev–Trinajstić information content (AvgIpc) is 1.64. The summed E-state index contributed by atoms with van der Waals surface area (Å²) in [7, 11) is 0. The number of fused-ring (bicyclic) bond motifs is 5. The summed E-state index contributed by atoms with van der Waals surface area (Å²) >= 11 is 18.3. The number of morpholine rings is 5. The van der Waals surface area contributed by atoms with Gasteiger partial charge in [-0.3, -0.25) is 24.5 Å². The molecule has 1 N–H and O–H groups in total. The van der Waals surface area contributed by atoms with E-state index < -0.39 is 23.5 Å². The number of pyridine rings is 4. The molecule has 19 aromatic rings. The SMILES string of the molecule is Clc1ccc(-c2nc3ccc(-c4ccccc4)nn3c2CN2CCOCC2)cc1.Clc1ccc(-c2nc3ccc(-c4cncnc4)cn3c2CN2CCOCC2)cc1.FC(F)(F)c1ccc(-c2nc3ccc(-c4ccccc4)cn3c2CN2CCOCC2)cc1.FC(F)(F)c1ccccc1-c1ccc2nc(-c3ccc(Cl)cc3)c(CN3CCOCC3)n2c1.OCc1nc2ccc(-c3ccccc3)cn2c1CN1CCOCC1. The van der Waals surface area contributed by atoms with Gasteiger partial charge in [0, 0.05) is 189 Å². The zero-order valence-electron chi connectivity index (χ0n) is 80.3. The van der Waals surface area contributed by atoms with Crippen molar-refractivity contribution >= 4 is 63.0 Å². The zero-order valence-corrected chi connectivity index (χ0v) is 82.6. The highest BCUT2D eigenvalue weighted by molar-refractivity contribution is 6.31. The summed E-state index contributed by atoms with van der Waals surface area (Å²) < 4.78 is 118. The largest absolute Gasteiger partial charge is 0.417 e. The van der Waals surface area contributed by atoms with Crippen molar-refractivity contribution in [3.05, 3.63) is 377 Å². The lowest BCUT2D eigenvalue weighted by atomic mass is 10.0. The molecule has 24 rings (SSSR count). The Morgan fingerprint density at radius 1 is 0.279 bits per heavy atom. The monoisotopic (exact) mass is 2040 g/mol. The molecule has 16 heterocycles. The van der Waals surface area contributed by atoms with Crippen LogP contribution < -0.4 is 0 Å². The second-order valence-electron chi connectivity index (χ2n) is 36.2. The standard InChI is InChI=1S/C25H21ClF3N3O.C25H22F3N3O.C23H21ClN4O.C22H20ClN5O.C19H21N3O2/c26-19-8-5-17(6-9-19)24-22(16-31-11-13-33-14-12-31)32-15-18(7-10-23(32)30-24)20-3-1-2-4-21(20)25(27,28)29;26-25(27,28)21-9-6-19(7-10-21)24-22(17-30-12-14-32-15-13-30)31-16-20(8-11-23(31)29-24)18-4-2-1-3-5-18;24-19-8-6-18(7-9-19)23-21(16-27-12-14-29-15-13-27)28-22(25-23)11-10-20(26-28)17-4-2-1-3-5-17;23-19-4-1-16(2-5-19)22-20(14-27-7-9-29-10-8-27)28-13-17(3-6-21(28)26-22)18-11-24-15-25-12-18;23-14-17-18(13-21-8-10-24-11-9-21)22-12-16(6-7-19(22)20-17)15-4-2-1-3-5-15/h1-10,15H,11-14,16H2;1-11,16H,12-15,17H2;1-11H,12-16H2;1-6,11-13,15H,7-10,14H2;1-7,12,23H,8-11,13-14H2. The molecule has 0 radical (unpaired) electrons. The molecule has 0 atom stereocenters. The molecule has 0 aliphatic carbocycles. The number of nitrogens with zero attached hydrogens (tertiary/aromatic N) is 18. The lowest BCUT2D eigenvalue weighted by Crippen LogP contribution is -2.36. The minimum Gasteiger partial charge on any atom is -0.390 e. The van der Waals surface area contributed by atoms with Gasteiger partial charge in [-0.05, 0) is 149 Å². The normalized spacial score (nSPS) is 15.3. The molecule has 5 fully saturated rings. The summed E-state index contributed by atoms with van der Waals surface area (Å²) in [6.07, 6.45) is 4.44. The predicted molar refractivity (Wildman–Crippen MR) is 560 cm³/mol. The fourth-order valence-corrected chi connectivity index (χ4v) is 19.2. The van der Waals surface area contributed by atoms with Crippen LogP contribution in [-0.2, 0) is 75.4 Å². The van der Waals surface area contributed by atoms with Crippen molar-refractivity contribution in [1.29, 1.82) is 0 Å². The van der Waals surface area contributed by atoms with Gasteiger partial charge in [-0.1, -0.05) is 193 Å². The number of benzene rings is 8. The van der Waals surface area contributed by atoms with Gasteiger partial charge in [-0.15, -0.1) is 0 Å². The van der Waals surface area contributed by atoms with Crippen LogP contribution in [0.3, 0.4) is 0 Å². The van der Waals surface area contributed by atoms with Gasteiger partial charge in [0.2, 0.25) is 0 Å². The molecule has 5 saturated heterocycles. The molecule has 0 spiro atoms. The maximum atomic E-state index is 13.6. The Morgan fingerprint density at radius 3 is 0.973 bits per heavy atom. The summed E-state index contributed by atoms with van der Waals surface area (Å²) in [6, 6.07) is 84.4. The Kier molecular flexibility index (Phi) is 31.8. The van der Waals surface area contributed by atoms with E-state index in [1.807, 2.05) is 185 Å². The molecule has 750 valence electrons. The number of halogens is 9. The summed E-state index contributed by atoms with van der Waals surface area (Å²) in [5.74, 6) is 0. The highest BCUT2D eigenvalue weighted by Crippen LogP contribution is 2.41. The van der Waals surface area contributed by atoms with E-state index in [4.69, 9.17) is 83.5 Å². The van der Waals surface area contributed by atoms with E-state index in [1.165, 1.54) is 29.8 Å². The van der Waals surface area contributed by atoms with Gasteiger partial charge in [-0.25, -0.2) is 39.4 Å². The third kappa shape index (κ3) is 24.2. The van der Waals surface area contributed by atoms with Crippen LogP contribution in [0.15, 0.2) is 316 Å². The first-order valence-electron chi connectivity index (χ1n) is 48.9. The average molecular weight is 2040 g/mol. The number of rotatable bonds is 20. The molecule has 0 unspecified atom stereocenters. The Balaban J connectivity index is 0.000000112. The van der Waals surface area contributed by atoms with E-state index in [0.717, 1.165) is 283 Å². The Morgan fingerprint density at radius 2 is 0.585 bits per heavy atom. The maximum Gasteiger partial charge on any atom is 0.417 e. The molecule has 0 bridgehead atoms. The Labute approximate surface area is 860 Å². The van der Waals surface area contributed by atoms with Crippen LogP contribution >= 0.6 is 34.8 Å². The first-order valence-corrected chi connectivity index (χ1v) is 50.0. The summed E-state index contributed by atoms with van der Waals surface area (Å²) in [4.78, 5) is 44.1. The molecule has 24 nitrogen and oxygen atoms in total. The van der Waals surface area contributed by atoms with Gasteiger partial charge in [0.1, 0.15) is 28.9 Å². The minimum atomic E-state index is -4.44. The number of aliphatic hydroxyl groups excluding tert-OH is 1. The molecule has 0 amide bonds. The van der Waals surface area contributed by atoms with Crippen LogP contribution in [0.1, 0.15) is 45.3 Å². The van der Waals surface area contributed by atoms with Crippen LogP contribution in [0.4, 0.5) is 26.3 Å². The number of aliphatic hydroxyl groups is 1. The van der Waals surface area contributed by atoms with Gasteiger partial charge in [0.05, 0.1) is 146 Å². The van der Waals surface area contributed by atoms with Crippen LogP contribution in [0.2, 0.25) is 15.1 Å². The molecule has 0 saturated carbocycles. The van der Waals surface area contributed by atoms with Gasteiger partial charge in [0.15, 0.2) is 5.65 Å². The highest BCUT2D eigenvalue weighted by Gasteiger charge is 2.35. The van der Waals surface area contributed by atoms with E-state index >= 15 is 0 Å². The molecular formula is C114H105Cl3F6N18O6.